The Kier molecular flexibility index (Phi) is 9.06. The van der Waals surface area contributed by atoms with Gasteiger partial charge in [-0.15, -0.1) is 11.6 Å². The Morgan fingerprint density at radius 2 is 1.90 bits per heavy atom. The van der Waals surface area contributed by atoms with E-state index in [1.54, 1.807) is 0 Å². The quantitative estimate of drug-likeness (QED) is 0.316. The molecule has 0 radical (unpaired) electrons. The molecule has 0 heterocycles. The second-order valence-corrected chi connectivity index (χ2v) is 2.78. The lowest BCUT2D eigenvalue weighted by molar-refractivity contribution is 0.674. The highest BCUT2D eigenvalue weighted by Gasteiger charge is 1.82. The highest BCUT2D eigenvalue weighted by molar-refractivity contribution is 6.18. The molecule has 0 rings (SSSR count). The highest BCUT2D eigenvalue weighted by Crippen LogP contribution is 2.02. The summed E-state index contributed by atoms with van der Waals surface area (Å²) in [7, 11) is 0. The van der Waals surface area contributed by atoms with Gasteiger partial charge in [0.2, 0.25) is 0 Å². The number of halogens is 1. The zero-order chi connectivity index (χ0) is 7.66. The minimum Gasteiger partial charge on any atom is -0.122 e. The van der Waals surface area contributed by atoms with Gasteiger partial charge in [-0.25, -0.2) is 0 Å². The van der Waals surface area contributed by atoms with Crippen molar-refractivity contribution in [3.8, 4) is 0 Å². The van der Waals surface area contributed by atoms with Crippen LogP contribution in [0.25, 0.3) is 0 Å². The fourth-order valence-corrected chi connectivity index (χ4v) is 0.996. The van der Waals surface area contributed by atoms with Gasteiger partial charge in [0.25, 0.3) is 0 Å². The summed E-state index contributed by atoms with van der Waals surface area (Å²) in [6, 6.07) is 0. The van der Waals surface area contributed by atoms with E-state index < -0.39 is 0 Å². The summed E-state index contributed by atoms with van der Waals surface area (Å²) >= 11 is 5.45. The van der Waals surface area contributed by atoms with E-state index in [2.05, 4.69) is 13.0 Å². The summed E-state index contributed by atoms with van der Waals surface area (Å²) in [5, 5.41) is 0. The van der Waals surface area contributed by atoms with Crippen LogP contribution in [-0.4, -0.2) is 5.88 Å². The van der Waals surface area contributed by atoms with E-state index in [0.717, 1.165) is 0 Å². The average Bonchev–Trinajstić information content (AvgIpc) is 1.97. The fourth-order valence-electron chi connectivity index (χ4n) is 0.870. The Hall–Kier alpha value is 0.0300. The summed E-state index contributed by atoms with van der Waals surface area (Å²) in [6.07, 6.45) is 10.8. The third-order valence-corrected chi connectivity index (χ3v) is 1.66. The third-order valence-electron chi connectivity index (χ3n) is 1.48. The van der Waals surface area contributed by atoms with Crippen molar-refractivity contribution in [3.63, 3.8) is 0 Å². The molecular formula is C9H17Cl. The van der Waals surface area contributed by atoms with Gasteiger partial charge in [0.15, 0.2) is 0 Å². The first-order valence-electron chi connectivity index (χ1n) is 4.12. The zero-order valence-corrected chi connectivity index (χ0v) is 7.53. The molecule has 0 fully saturated rings. The van der Waals surface area contributed by atoms with Crippen LogP contribution >= 0.6 is 11.6 Å². The first-order valence-corrected chi connectivity index (χ1v) is 4.66. The molecule has 0 aromatic carbocycles. The van der Waals surface area contributed by atoms with Crippen molar-refractivity contribution in [1.82, 2.24) is 0 Å². The van der Waals surface area contributed by atoms with Crippen molar-refractivity contribution >= 4 is 11.6 Å². The van der Waals surface area contributed by atoms with Gasteiger partial charge in [-0.05, 0) is 12.8 Å². The Morgan fingerprint density at radius 3 is 2.50 bits per heavy atom. The SMILES string of the molecule is CCCCCC/C=C\CCl. The number of alkyl halides is 1. The molecule has 60 valence electrons. The maximum Gasteiger partial charge on any atom is 0.0404 e. The van der Waals surface area contributed by atoms with Crippen LogP contribution in [-0.2, 0) is 0 Å². The largest absolute Gasteiger partial charge is 0.122 e. The van der Waals surface area contributed by atoms with E-state index in [0.29, 0.717) is 5.88 Å². The minimum absolute atomic E-state index is 0.660. The van der Waals surface area contributed by atoms with Gasteiger partial charge in [0.1, 0.15) is 0 Å². The van der Waals surface area contributed by atoms with Crippen LogP contribution in [0.15, 0.2) is 12.2 Å². The molecule has 0 atom stereocenters. The summed E-state index contributed by atoms with van der Waals surface area (Å²) in [6.45, 7) is 2.23. The van der Waals surface area contributed by atoms with Crippen LogP contribution in [0.5, 0.6) is 0 Å². The molecule has 0 aliphatic rings. The first-order chi connectivity index (χ1) is 4.91. The van der Waals surface area contributed by atoms with Crippen LogP contribution in [0.1, 0.15) is 39.0 Å². The summed E-state index contributed by atoms with van der Waals surface area (Å²) in [5.41, 5.74) is 0. The highest BCUT2D eigenvalue weighted by atomic mass is 35.5. The van der Waals surface area contributed by atoms with Crippen molar-refractivity contribution in [2.75, 3.05) is 5.88 Å². The molecule has 0 amide bonds. The molecule has 10 heavy (non-hydrogen) atoms. The van der Waals surface area contributed by atoms with Crippen molar-refractivity contribution in [3.05, 3.63) is 12.2 Å². The van der Waals surface area contributed by atoms with E-state index in [1.807, 2.05) is 6.08 Å². The maximum atomic E-state index is 5.45. The molecular weight excluding hydrogens is 144 g/mol. The summed E-state index contributed by atoms with van der Waals surface area (Å²) in [5.74, 6) is 0.660. The smallest absolute Gasteiger partial charge is 0.0404 e. The molecule has 0 aliphatic heterocycles. The minimum atomic E-state index is 0.660. The Balaban J connectivity index is 2.83. The number of hydrogen-bond donors (Lipinski definition) is 0. The Morgan fingerprint density at radius 1 is 1.10 bits per heavy atom. The third kappa shape index (κ3) is 8.03. The molecule has 1 heteroatoms. The Bertz CT molecular complexity index is 76.8. The molecule has 0 aromatic heterocycles. The Labute approximate surface area is 69.3 Å². The van der Waals surface area contributed by atoms with Crippen LogP contribution in [0, 0.1) is 0 Å². The lowest BCUT2D eigenvalue weighted by Gasteiger charge is -1.92. The van der Waals surface area contributed by atoms with Crippen molar-refractivity contribution in [2.24, 2.45) is 0 Å². The second kappa shape index (κ2) is 9.03. The molecule has 0 aromatic rings. The van der Waals surface area contributed by atoms with Crippen LogP contribution in [0.3, 0.4) is 0 Å². The monoisotopic (exact) mass is 160 g/mol. The molecule has 0 saturated carbocycles. The number of rotatable bonds is 6. The van der Waals surface area contributed by atoms with E-state index in [9.17, 15) is 0 Å². The number of allylic oxidation sites excluding steroid dienone is 2. The number of hydrogen-bond acceptors (Lipinski definition) is 0. The van der Waals surface area contributed by atoms with Crippen LogP contribution in [0.4, 0.5) is 0 Å². The second-order valence-electron chi connectivity index (χ2n) is 2.48. The number of unbranched alkanes of at least 4 members (excludes halogenated alkanes) is 4. The molecule has 0 saturated heterocycles. The molecule has 0 aliphatic carbocycles. The summed E-state index contributed by atoms with van der Waals surface area (Å²) < 4.78 is 0. The molecule has 0 spiro atoms. The van der Waals surface area contributed by atoms with Gasteiger partial charge in [0.05, 0.1) is 0 Å². The van der Waals surface area contributed by atoms with E-state index in [1.165, 1.54) is 32.1 Å². The van der Waals surface area contributed by atoms with Gasteiger partial charge in [-0.3, -0.25) is 0 Å². The zero-order valence-electron chi connectivity index (χ0n) is 6.78. The standard InChI is InChI=1S/C9H17Cl/c1-2-3-4-5-6-7-8-9-10/h7-8H,2-6,9H2,1H3/b8-7-. The topological polar surface area (TPSA) is 0 Å². The van der Waals surface area contributed by atoms with Gasteiger partial charge < -0.3 is 0 Å². The van der Waals surface area contributed by atoms with Crippen LogP contribution < -0.4 is 0 Å². The lowest BCUT2D eigenvalue weighted by atomic mass is 10.1. The van der Waals surface area contributed by atoms with Crippen molar-refractivity contribution in [2.45, 2.75) is 39.0 Å². The fraction of sp³-hybridized carbons (Fsp3) is 0.778. The van der Waals surface area contributed by atoms with Crippen molar-refractivity contribution in [1.29, 1.82) is 0 Å². The van der Waals surface area contributed by atoms with Crippen molar-refractivity contribution < 1.29 is 0 Å². The van der Waals surface area contributed by atoms with Gasteiger partial charge >= 0.3 is 0 Å². The van der Waals surface area contributed by atoms with Gasteiger partial charge in [-0.1, -0.05) is 38.3 Å². The van der Waals surface area contributed by atoms with E-state index >= 15 is 0 Å². The molecule has 0 N–H and O–H groups in total. The molecule has 0 unspecified atom stereocenters. The molecule has 0 nitrogen and oxygen atoms in total. The first kappa shape index (κ1) is 10.0. The van der Waals surface area contributed by atoms with E-state index in [-0.39, 0.29) is 0 Å². The predicted octanol–water partition coefficient (Wildman–Crippen LogP) is 3.75. The van der Waals surface area contributed by atoms with Gasteiger partial charge in [0, 0.05) is 5.88 Å². The van der Waals surface area contributed by atoms with Crippen LogP contribution in [0.2, 0.25) is 0 Å². The molecule has 0 bridgehead atoms. The van der Waals surface area contributed by atoms with Gasteiger partial charge in [-0.2, -0.15) is 0 Å². The maximum absolute atomic E-state index is 5.45. The normalized spacial score (nSPS) is 11.0. The average molecular weight is 161 g/mol. The predicted molar refractivity (Wildman–Crippen MR) is 48.6 cm³/mol. The summed E-state index contributed by atoms with van der Waals surface area (Å²) in [4.78, 5) is 0. The lowest BCUT2D eigenvalue weighted by Crippen LogP contribution is -1.73. The van der Waals surface area contributed by atoms with E-state index in [4.69, 9.17) is 11.6 Å².